The van der Waals surface area contributed by atoms with Crippen molar-refractivity contribution < 1.29 is 14.3 Å². The second-order valence-corrected chi connectivity index (χ2v) is 4.94. The standard InChI is InChI=1S/C16H24O3/c1-4-14-7-5-6-8-15(14)16(17)19-12-11-18-10-9-13(2)3/h5-8,13H,4,9-12H2,1-3H3. The highest BCUT2D eigenvalue weighted by atomic mass is 16.6. The first-order chi connectivity index (χ1) is 9.15. The number of ether oxygens (including phenoxy) is 2. The number of aryl methyl sites for hydroxylation is 1. The van der Waals surface area contributed by atoms with E-state index in [0.717, 1.165) is 25.0 Å². The summed E-state index contributed by atoms with van der Waals surface area (Å²) in [6.45, 7) is 7.85. The summed E-state index contributed by atoms with van der Waals surface area (Å²) < 4.78 is 10.6. The van der Waals surface area contributed by atoms with Crippen LogP contribution in [0.1, 0.15) is 43.1 Å². The lowest BCUT2D eigenvalue weighted by atomic mass is 10.1. The van der Waals surface area contributed by atoms with Gasteiger partial charge in [-0.25, -0.2) is 4.79 Å². The third-order valence-electron chi connectivity index (χ3n) is 2.92. The minimum absolute atomic E-state index is 0.259. The molecule has 0 saturated heterocycles. The Kier molecular flexibility index (Phi) is 7.19. The summed E-state index contributed by atoms with van der Waals surface area (Å²) in [7, 11) is 0. The Morgan fingerprint density at radius 3 is 2.58 bits per heavy atom. The number of hydrogen-bond donors (Lipinski definition) is 0. The van der Waals surface area contributed by atoms with Gasteiger partial charge in [-0.3, -0.25) is 0 Å². The fourth-order valence-electron chi connectivity index (χ4n) is 1.72. The predicted octanol–water partition coefficient (Wildman–Crippen LogP) is 3.47. The van der Waals surface area contributed by atoms with Gasteiger partial charge in [0, 0.05) is 6.61 Å². The van der Waals surface area contributed by atoms with Crippen molar-refractivity contribution in [3.63, 3.8) is 0 Å². The van der Waals surface area contributed by atoms with Crippen LogP contribution in [-0.4, -0.2) is 25.8 Å². The van der Waals surface area contributed by atoms with Crippen LogP contribution < -0.4 is 0 Å². The van der Waals surface area contributed by atoms with E-state index in [2.05, 4.69) is 13.8 Å². The van der Waals surface area contributed by atoms with E-state index in [0.29, 0.717) is 24.7 Å². The number of hydrogen-bond acceptors (Lipinski definition) is 3. The molecule has 0 aliphatic carbocycles. The van der Waals surface area contributed by atoms with E-state index in [9.17, 15) is 4.79 Å². The Bertz CT molecular complexity index is 385. The zero-order valence-corrected chi connectivity index (χ0v) is 12.1. The fourth-order valence-corrected chi connectivity index (χ4v) is 1.72. The van der Waals surface area contributed by atoms with Gasteiger partial charge in [-0.2, -0.15) is 0 Å². The molecular formula is C16H24O3. The number of benzene rings is 1. The number of carbonyl (C=O) groups is 1. The Morgan fingerprint density at radius 1 is 1.16 bits per heavy atom. The molecule has 1 aromatic carbocycles. The molecule has 3 heteroatoms. The molecular weight excluding hydrogens is 240 g/mol. The highest BCUT2D eigenvalue weighted by Gasteiger charge is 2.10. The van der Waals surface area contributed by atoms with Gasteiger partial charge in [-0.15, -0.1) is 0 Å². The van der Waals surface area contributed by atoms with Crippen LogP contribution in [0.25, 0.3) is 0 Å². The predicted molar refractivity (Wildman–Crippen MR) is 76.4 cm³/mol. The highest BCUT2D eigenvalue weighted by Crippen LogP contribution is 2.10. The summed E-state index contributed by atoms with van der Waals surface area (Å²) >= 11 is 0. The van der Waals surface area contributed by atoms with Crippen molar-refractivity contribution in [1.29, 1.82) is 0 Å². The first kappa shape index (κ1) is 15.7. The van der Waals surface area contributed by atoms with Gasteiger partial charge in [-0.05, 0) is 30.4 Å². The third kappa shape index (κ3) is 5.88. The zero-order chi connectivity index (χ0) is 14.1. The molecule has 0 aromatic heterocycles. The Morgan fingerprint density at radius 2 is 1.89 bits per heavy atom. The van der Waals surface area contributed by atoms with Crippen LogP contribution in [0.3, 0.4) is 0 Å². The molecule has 106 valence electrons. The molecule has 0 N–H and O–H groups in total. The molecule has 0 aliphatic rings. The monoisotopic (exact) mass is 264 g/mol. The molecule has 0 heterocycles. The number of esters is 1. The minimum Gasteiger partial charge on any atom is -0.460 e. The lowest BCUT2D eigenvalue weighted by Crippen LogP contribution is -2.13. The third-order valence-corrected chi connectivity index (χ3v) is 2.92. The van der Waals surface area contributed by atoms with Gasteiger partial charge in [0.2, 0.25) is 0 Å². The average molecular weight is 264 g/mol. The van der Waals surface area contributed by atoms with Crippen molar-refractivity contribution in [3.8, 4) is 0 Å². The molecule has 19 heavy (non-hydrogen) atoms. The SMILES string of the molecule is CCc1ccccc1C(=O)OCCOCCC(C)C. The first-order valence-corrected chi connectivity index (χ1v) is 6.98. The quantitative estimate of drug-likeness (QED) is 0.533. The van der Waals surface area contributed by atoms with Gasteiger partial charge in [0.25, 0.3) is 0 Å². The van der Waals surface area contributed by atoms with Crippen molar-refractivity contribution in [1.82, 2.24) is 0 Å². The van der Waals surface area contributed by atoms with Gasteiger partial charge in [-0.1, -0.05) is 39.0 Å². The molecule has 0 bridgehead atoms. The van der Waals surface area contributed by atoms with Crippen LogP contribution >= 0.6 is 0 Å². The Labute approximate surface area is 115 Å². The molecule has 0 amide bonds. The molecule has 0 aliphatic heterocycles. The molecule has 0 fully saturated rings. The molecule has 3 nitrogen and oxygen atoms in total. The van der Waals surface area contributed by atoms with Crippen LogP contribution in [-0.2, 0) is 15.9 Å². The van der Waals surface area contributed by atoms with E-state index in [4.69, 9.17) is 9.47 Å². The van der Waals surface area contributed by atoms with Crippen LogP contribution in [0.15, 0.2) is 24.3 Å². The molecule has 0 unspecified atom stereocenters. The summed E-state index contributed by atoms with van der Waals surface area (Å²) in [6, 6.07) is 7.55. The van der Waals surface area contributed by atoms with E-state index < -0.39 is 0 Å². The zero-order valence-electron chi connectivity index (χ0n) is 12.1. The van der Waals surface area contributed by atoms with Crippen LogP contribution in [0.5, 0.6) is 0 Å². The maximum absolute atomic E-state index is 11.9. The van der Waals surface area contributed by atoms with Gasteiger partial charge in [0.15, 0.2) is 0 Å². The normalized spacial score (nSPS) is 10.7. The van der Waals surface area contributed by atoms with Crippen molar-refractivity contribution in [2.75, 3.05) is 19.8 Å². The molecule has 1 rings (SSSR count). The smallest absolute Gasteiger partial charge is 0.338 e. The molecule has 1 aromatic rings. The molecule has 0 radical (unpaired) electrons. The first-order valence-electron chi connectivity index (χ1n) is 6.98. The molecule has 0 spiro atoms. The second-order valence-electron chi connectivity index (χ2n) is 4.94. The largest absolute Gasteiger partial charge is 0.460 e. The van der Waals surface area contributed by atoms with E-state index in [1.807, 2.05) is 25.1 Å². The van der Waals surface area contributed by atoms with E-state index in [1.54, 1.807) is 6.07 Å². The Balaban J connectivity index is 2.28. The van der Waals surface area contributed by atoms with Gasteiger partial charge < -0.3 is 9.47 Å². The number of rotatable bonds is 8. The van der Waals surface area contributed by atoms with Crippen LogP contribution in [0, 0.1) is 5.92 Å². The van der Waals surface area contributed by atoms with Crippen molar-refractivity contribution >= 4 is 5.97 Å². The maximum Gasteiger partial charge on any atom is 0.338 e. The van der Waals surface area contributed by atoms with Gasteiger partial charge in [0.05, 0.1) is 12.2 Å². The van der Waals surface area contributed by atoms with Crippen molar-refractivity contribution in [2.45, 2.75) is 33.6 Å². The minimum atomic E-state index is -0.259. The maximum atomic E-state index is 11.9. The van der Waals surface area contributed by atoms with Crippen LogP contribution in [0.2, 0.25) is 0 Å². The average Bonchev–Trinajstić information content (AvgIpc) is 2.42. The summed E-state index contributed by atoms with van der Waals surface area (Å²) in [6.07, 6.45) is 1.86. The molecule has 0 saturated carbocycles. The summed E-state index contributed by atoms with van der Waals surface area (Å²) in [5, 5.41) is 0. The van der Waals surface area contributed by atoms with Crippen molar-refractivity contribution in [2.24, 2.45) is 5.92 Å². The fraction of sp³-hybridized carbons (Fsp3) is 0.562. The summed E-state index contributed by atoms with van der Waals surface area (Å²) in [5.41, 5.74) is 1.68. The summed E-state index contributed by atoms with van der Waals surface area (Å²) in [5.74, 6) is 0.379. The molecule has 0 atom stereocenters. The highest BCUT2D eigenvalue weighted by molar-refractivity contribution is 5.91. The lowest BCUT2D eigenvalue weighted by Gasteiger charge is -2.09. The van der Waals surface area contributed by atoms with E-state index in [-0.39, 0.29) is 5.97 Å². The Hall–Kier alpha value is -1.35. The van der Waals surface area contributed by atoms with Crippen LogP contribution in [0.4, 0.5) is 0 Å². The lowest BCUT2D eigenvalue weighted by molar-refractivity contribution is 0.0302. The van der Waals surface area contributed by atoms with Gasteiger partial charge in [0.1, 0.15) is 6.61 Å². The van der Waals surface area contributed by atoms with E-state index >= 15 is 0 Å². The van der Waals surface area contributed by atoms with E-state index in [1.165, 1.54) is 0 Å². The number of carbonyl (C=O) groups excluding carboxylic acids is 1. The second kappa shape index (κ2) is 8.70. The van der Waals surface area contributed by atoms with Crippen molar-refractivity contribution in [3.05, 3.63) is 35.4 Å². The summed E-state index contributed by atoms with van der Waals surface area (Å²) in [4.78, 5) is 11.9. The topological polar surface area (TPSA) is 35.5 Å². The van der Waals surface area contributed by atoms with Gasteiger partial charge >= 0.3 is 5.97 Å².